The number of thiophene rings is 1. The van der Waals surface area contributed by atoms with E-state index in [0.29, 0.717) is 0 Å². The van der Waals surface area contributed by atoms with Crippen molar-refractivity contribution in [3.63, 3.8) is 0 Å². The smallest absolute Gasteiger partial charge is 0.123 e. The van der Waals surface area contributed by atoms with Gasteiger partial charge in [0.2, 0.25) is 0 Å². The zero-order chi connectivity index (χ0) is 14.8. The maximum atomic E-state index is 13.7. The molecule has 0 aliphatic rings. The van der Waals surface area contributed by atoms with Crippen molar-refractivity contribution in [2.75, 3.05) is 6.54 Å². The van der Waals surface area contributed by atoms with Crippen LogP contribution in [-0.4, -0.2) is 11.5 Å². The van der Waals surface area contributed by atoms with Gasteiger partial charge in [-0.05, 0) is 59.8 Å². The third kappa shape index (κ3) is 2.96. The van der Waals surface area contributed by atoms with Crippen LogP contribution in [0.15, 0.2) is 41.9 Å². The first-order valence-corrected chi connectivity index (χ1v) is 7.89. The lowest BCUT2D eigenvalue weighted by Gasteiger charge is -2.19. The number of pyridine rings is 1. The molecule has 1 atom stereocenters. The van der Waals surface area contributed by atoms with E-state index in [9.17, 15) is 4.39 Å². The van der Waals surface area contributed by atoms with E-state index < -0.39 is 0 Å². The molecule has 2 aromatic heterocycles. The van der Waals surface area contributed by atoms with Crippen molar-refractivity contribution >= 4 is 21.6 Å². The molecular formula is C17H17FN2S. The fourth-order valence-electron chi connectivity index (χ4n) is 2.58. The number of hydrogen-bond donors (Lipinski definition) is 1. The van der Waals surface area contributed by atoms with Crippen LogP contribution in [0.4, 0.5) is 4.39 Å². The van der Waals surface area contributed by atoms with E-state index in [0.717, 1.165) is 33.5 Å². The molecule has 3 rings (SSSR count). The van der Waals surface area contributed by atoms with Gasteiger partial charge in [-0.1, -0.05) is 13.0 Å². The molecule has 1 unspecified atom stereocenters. The fourth-order valence-corrected chi connectivity index (χ4v) is 3.37. The summed E-state index contributed by atoms with van der Waals surface area (Å²) in [4.78, 5) is 4.49. The highest BCUT2D eigenvalue weighted by molar-refractivity contribution is 7.17. The van der Waals surface area contributed by atoms with Gasteiger partial charge in [0.15, 0.2) is 0 Å². The minimum atomic E-state index is -0.196. The van der Waals surface area contributed by atoms with Crippen LogP contribution in [0.3, 0.4) is 0 Å². The Kier molecular flexibility index (Phi) is 3.99. The summed E-state index contributed by atoms with van der Waals surface area (Å²) in [6.45, 7) is 4.77. The van der Waals surface area contributed by atoms with E-state index in [4.69, 9.17) is 0 Å². The SMILES string of the molecule is CCNC(c1cc(C)cc(F)c1)c1cnc2ccsc2c1. The molecule has 0 amide bonds. The van der Waals surface area contributed by atoms with Gasteiger partial charge in [0.25, 0.3) is 0 Å². The Labute approximate surface area is 127 Å². The van der Waals surface area contributed by atoms with Crippen LogP contribution in [0.2, 0.25) is 0 Å². The summed E-state index contributed by atoms with van der Waals surface area (Å²) >= 11 is 1.67. The number of nitrogens with zero attached hydrogens (tertiary/aromatic N) is 1. The molecule has 2 nitrogen and oxygen atoms in total. The second-order valence-electron chi connectivity index (χ2n) is 5.13. The highest BCUT2D eigenvalue weighted by Gasteiger charge is 2.15. The maximum Gasteiger partial charge on any atom is 0.123 e. The Morgan fingerprint density at radius 1 is 1.24 bits per heavy atom. The quantitative estimate of drug-likeness (QED) is 0.770. The molecule has 0 radical (unpaired) electrons. The van der Waals surface area contributed by atoms with Crippen molar-refractivity contribution in [2.45, 2.75) is 19.9 Å². The number of benzene rings is 1. The van der Waals surface area contributed by atoms with Gasteiger partial charge in [-0.2, -0.15) is 0 Å². The van der Waals surface area contributed by atoms with Gasteiger partial charge < -0.3 is 5.32 Å². The summed E-state index contributed by atoms with van der Waals surface area (Å²) < 4.78 is 14.9. The van der Waals surface area contributed by atoms with E-state index in [2.05, 4.69) is 23.3 Å². The average Bonchev–Trinajstić information content (AvgIpc) is 2.91. The lowest BCUT2D eigenvalue weighted by molar-refractivity contribution is 0.601. The average molecular weight is 300 g/mol. The molecule has 0 fully saturated rings. The Hall–Kier alpha value is -1.78. The number of aromatic nitrogens is 1. The standard InChI is InChI=1S/C17H17FN2S/c1-3-19-17(12-6-11(2)7-14(18)8-12)13-9-16-15(20-10-13)4-5-21-16/h4-10,17,19H,3H2,1-2H3. The second kappa shape index (κ2) is 5.92. The Bertz CT molecular complexity index is 746. The molecule has 0 saturated carbocycles. The van der Waals surface area contributed by atoms with Gasteiger partial charge in [0, 0.05) is 6.20 Å². The van der Waals surface area contributed by atoms with Crippen LogP contribution >= 0.6 is 11.3 Å². The monoisotopic (exact) mass is 300 g/mol. The van der Waals surface area contributed by atoms with E-state index in [1.165, 1.54) is 0 Å². The summed E-state index contributed by atoms with van der Waals surface area (Å²) in [5.74, 6) is -0.196. The third-order valence-electron chi connectivity index (χ3n) is 3.46. The van der Waals surface area contributed by atoms with Gasteiger partial charge in [-0.15, -0.1) is 11.3 Å². The van der Waals surface area contributed by atoms with Crippen molar-refractivity contribution in [3.8, 4) is 0 Å². The van der Waals surface area contributed by atoms with Gasteiger partial charge in [0.05, 0.1) is 16.3 Å². The molecule has 21 heavy (non-hydrogen) atoms. The van der Waals surface area contributed by atoms with Gasteiger partial charge in [-0.3, -0.25) is 4.98 Å². The number of rotatable bonds is 4. The first-order chi connectivity index (χ1) is 10.2. The Balaban J connectivity index is 2.07. The van der Waals surface area contributed by atoms with E-state index in [1.807, 2.05) is 30.6 Å². The minimum Gasteiger partial charge on any atom is -0.306 e. The summed E-state index contributed by atoms with van der Waals surface area (Å²) in [6, 6.07) is 9.28. The number of hydrogen-bond acceptors (Lipinski definition) is 3. The molecule has 2 heterocycles. The zero-order valence-electron chi connectivity index (χ0n) is 12.1. The molecule has 0 spiro atoms. The predicted molar refractivity (Wildman–Crippen MR) is 86.3 cm³/mol. The fraction of sp³-hybridized carbons (Fsp3) is 0.235. The highest BCUT2D eigenvalue weighted by atomic mass is 32.1. The first-order valence-electron chi connectivity index (χ1n) is 7.01. The topological polar surface area (TPSA) is 24.9 Å². The van der Waals surface area contributed by atoms with Crippen molar-refractivity contribution < 1.29 is 4.39 Å². The van der Waals surface area contributed by atoms with Crippen LogP contribution in [0.25, 0.3) is 10.2 Å². The van der Waals surface area contributed by atoms with Crippen molar-refractivity contribution in [2.24, 2.45) is 0 Å². The van der Waals surface area contributed by atoms with E-state index in [-0.39, 0.29) is 11.9 Å². The van der Waals surface area contributed by atoms with Gasteiger partial charge in [0.1, 0.15) is 5.82 Å². The number of aryl methyl sites for hydroxylation is 1. The summed E-state index contributed by atoms with van der Waals surface area (Å²) in [7, 11) is 0. The van der Waals surface area contributed by atoms with Crippen LogP contribution in [0.1, 0.15) is 29.7 Å². The molecule has 0 aliphatic carbocycles. The number of nitrogens with one attached hydrogen (secondary N) is 1. The third-order valence-corrected chi connectivity index (χ3v) is 4.32. The lowest BCUT2D eigenvalue weighted by Crippen LogP contribution is -2.22. The molecule has 1 aromatic carbocycles. The molecule has 4 heteroatoms. The van der Waals surface area contributed by atoms with Crippen LogP contribution in [-0.2, 0) is 0 Å². The Morgan fingerprint density at radius 2 is 2.10 bits per heavy atom. The number of fused-ring (bicyclic) bond motifs is 1. The summed E-state index contributed by atoms with van der Waals surface area (Å²) in [6.07, 6.45) is 1.88. The Morgan fingerprint density at radius 3 is 2.86 bits per heavy atom. The maximum absolute atomic E-state index is 13.7. The second-order valence-corrected chi connectivity index (χ2v) is 6.07. The molecular weight excluding hydrogens is 283 g/mol. The van der Waals surface area contributed by atoms with Crippen LogP contribution in [0, 0.1) is 12.7 Å². The molecule has 0 bridgehead atoms. The first kappa shape index (κ1) is 14.2. The van der Waals surface area contributed by atoms with Crippen molar-refractivity contribution in [1.82, 2.24) is 10.3 Å². The lowest BCUT2D eigenvalue weighted by atomic mass is 9.98. The number of halogens is 1. The normalized spacial score (nSPS) is 12.7. The van der Waals surface area contributed by atoms with E-state index in [1.54, 1.807) is 23.5 Å². The zero-order valence-corrected chi connectivity index (χ0v) is 12.9. The van der Waals surface area contributed by atoms with Gasteiger partial charge >= 0.3 is 0 Å². The van der Waals surface area contributed by atoms with E-state index >= 15 is 0 Å². The molecule has 1 N–H and O–H groups in total. The van der Waals surface area contributed by atoms with Crippen LogP contribution in [0.5, 0.6) is 0 Å². The largest absolute Gasteiger partial charge is 0.306 e. The van der Waals surface area contributed by atoms with Gasteiger partial charge in [-0.25, -0.2) is 4.39 Å². The molecule has 108 valence electrons. The van der Waals surface area contributed by atoms with Crippen molar-refractivity contribution in [1.29, 1.82) is 0 Å². The molecule has 0 saturated heterocycles. The van der Waals surface area contributed by atoms with Crippen LogP contribution < -0.4 is 5.32 Å². The molecule has 3 aromatic rings. The minimum absolute atomic E-state index is 0.0385. The highest BCUT2D eigenvalue weighted by Crippen LogP contribution is 2.27. The summed E-state index contributed by atoms with van der Waals surface area (Å²) in [5, 5.41) is 5.46. The van der Waals surface area contributed by atoms with Crippen molar-refractivity contribution in [3.05, 3.63) is 64.4 Å². The molecule has 0 aliphatic heterocycles. The predicted octanol–water partition coefficient (Wildman–Crippen LogP) is 4.44. The summed E-state index contributed by atoms with van der Waals surface area (Å²) in [5.41, 5.74) is 3.94.